The Kier molecular flexibility index (Phi) is 3.80. The van der Waals surface area contributed by atoms with E-state index in [1.54, 1.807) is 6.07 Å². The first-order valence-electron chi connectivity index (χ1n) is 5.22. The normalized spacial score (nSPS) is 10.3. The van der Waals surface area contributed by atoms with Crippen LogP contribution in [0.1, 0.15) is 10.4 Å². The Morgan fingerprint density at radius 2 is 1.89 bits per heavy atom. The number of nitrogens with one attached hydrogen (secondary N) is 1. The molecule has 0 spiro atoms. The van der Waals surface area contributed by atoms with Crippen molar-refractivity contribution in [2.45, 2.75) is 0 Å². The Bertz CT molecular complexity index is 647. The van der Waals surface area contributed by atoms with Gasteiger partial charge in [-0.2, -0.15) is 0 Å². The van der Waals surface area contributed by atoms with E-state index in [1.807, 2.05) is 0 Å². The lowest BCUT2D eigenvalue weighted by Crippen LogP contribution is -2.13. The maximum absolute atomic E-state index is 13.5. The average Bonchev–Trinajstić information content (AvgIpc) is 2.32. The second kappa shape index (κ2) is 5.36. The fourth-order valence-corrected chi connectivity index (χ4v) is 1.81. The highest BCUT2D eigenvalue weighted by Crippen LogP contribution is 2.22. The minimum absolute atomic E-state index is 0.0306. The molecule has 2 N–H and O–H groups in total. The maximum Gasteiger partial charge on any atom is 0.259 e. The quantitative estimate of drug-likeness (QED) is 0.883. The van der Waals surface area contributed by atoms with E-state index in [1.165, 1.54) is 12.1 Å². The first kappa shape index (κ1) is 13.5. The highest BCUT2D eigenvalue weighted by molar-refractivity contribution is 9.10. The number of amides is 1. The van der Waals surface area contributed by atoms with Gasteiger partial charge in [0.25, 0.3) is 5.91 Å². The summed E-state index contributed by atoms with van der Waals surface area (Å²) in [6.07, 6.45) is 0. The van der Waals surface area contributed by atoms with Gasteiger partial charge in [-0.25, -0.2) is 8.78 Å². The third-order valence-corrected chi connectivity index (χ3v) is 2.88. The van der Waals surface area contributed by atoms with Gasteiger partial charge in [-0.15, -0.1) is 0 Å². The molecular weight excluding hydrogens is 320 g/mol. The Morgan fingerprint density at radius 1 is 1.16 bits per heavy atom. The van der Waals surface area contributed by atoms with E-state index in [0.29, 0.717) is 4.47 Å². The molecule has 0 aromatic heterocycles. The molecule has 0 radical (unpaired) electrons. The molecule has 0 saturated carbocycles. The Labute approximate surface area is 116 Å². The van der Waals surface area contributed by atoms with Crippen LogP contribution in [0.25, 0.3) is 0 Å². The molecule has 0 atom stereocenters. The zero-order valence-corrected chi connectivity index (χ0v) is 11.0. The zero-order valence-electron chi connectivity index (χ0n) is 9.45. The molecule has 0 aliphatic rings. The topological polar surface area (TPSA) is 49.3 Å². The summed E-state index contributed by atoms with van der Waals surface area (Å²) in [7, 11) is 0. The Balaban J connectivity index is 2.25. The minimum atomic E-state index is -0.723. The molecule has 3 nitrogen and oxygen atoms in total. The summed E-state index contributed by atoms with van der Waals surface area (Å²) in [6.45, 7) is 0. The molecular formula is C13H8BrF2NO2. The van der Waals surface area contributed by atoms with Crippen LogP contribution in [-0.2, 0) is 0 Å². The number of benzene rings is 2. The van der Waals surface area contributed by atoms with Crippen molar-refractivity contribution in [3.8, 4) is 5.75 Å². The van der Waals surface area contributed by atoms with E-state index in [4.69, 9.17) is 0 Å². The second-order valence-electron chi connectivity index (χ2n) is 3.74. The van der Waals surface area contributed by atoms with Crippen LogP contribution in [0, 0.1) is 11.6 Å². The van der Waals surface area contributed by atoms with Crippen molar-refractivity contribution in [2.24, 2.45) is 0 Å². The van der Waals surface area contributed by atoms with Gasteiger partial charge in [0.15, 0.2) is 0 Å². The van der Waals surface area contributed by atoms with Crippen LogP contribution in [0.3, 0.4) is 0 Å². The van der Waals surface area contributed by atoms with Crippen LogP contribution in [0.15, 0.2) is 40.9 Å². The molecule has 0 unspecified atom stereocenters. The van der Waals surface area contributed by atoms with E-state index in [9.17, 15) is 18.7 Å². The molecule has 6 heteroatoms. The smallest absolute Gasteiger partial charge is 0.259 e. The number of aromatic hydroxyl groups is 1. The van der Waals surface area contributed by atoms with E-state index in [2.05, 4.69) is 21.2 Å². The lowest BCUT2D eigenvalue weighted by Gasteiger charge is -2.08. The summed E-state index contributed by atoms with van der Waals surface area (Å²) in [5, 5.41) is 11.7. The van der Waals surface area contributed by atoms with Gasteiger partial charge < -0.3 is 10.4 Å². The van der Waals surface area contributed by atoms with Crippen LogP contribution in [-0.4, -0.2) is 11.0 Å². The van der Waals surface area contributed by atoms with E-state index >= 15 is 0 Å². The molecule has 2 aromatic carbocycles. The van der Waals surface area contributed by atoms with Crippen molar-refractivity contribution >= 4 is 27.5 Å². The fraction of sp³-hybridized carbons (Fsp3) is 0. The lowest BCUT2D eigenvalue weighted by molar-refractivity contribution is 0.102. The standard InChI is InChI=1S/C13H8BrF2NO2/c14-7-1-4-11(10(16)5-7)17-13(19)9-3-2-8(15)6-12(9)18/h1-6,18H,(H,17,19). The summed E-state index contributed by atoms with van der Waals surface area (Å²) < 4.78 is 26.8. The SMILES string of the molecule is O=C(Nc1ccc(Br)cc1F)c1ccc(F)cc1O. The number of rotatable bonds is 2. The highest BCUT2D eigenvalue weighted by atomic mass is 79.9. The monoisotopic (exact) mass is 327 g/mol. The van der Waals surface area contributed by atoms with Gasteiger partial charge in [-0.3, -0.25) is 4.79 Å². The van der Waals surface area contributed by atoms with Crippen molar-refractivity contribution in [3.63, 3.8) is 0 Å². The van der Waals surface area contributed by atoms with Gasteiger partial charge in [0, 0.05) is 10.5 Å². The minimum Gasteiger partial charge on any atom is -0.507 e. The van der Waals surface area contributed by atoms with E-state index in [0.717, 1.165) is 18.2 Å². The van der Waals surface area contributed by atoms with Crippen LogP contribution in [0.5, 0.6) is 5.75 Å². The lowest BCUT2D eigenvalue weighted by atomic mass is 10.1. The van der Waals surface area contributed by atoms with Gasteiger partial charge in [0.2, 0.25) is 0 Å². The molecule has 19 heavy (non-hydrogen) atoms. The van der Waals surface area contributed by atoms with Crippen LogP contribution < -0.4 is 5.32 Å². The molecule has 0 aliphatic carbocycles. The number of halogens is 3. The third kappa shape index (κ3) is 3.08. The predicted molar refractivity (Wildman–Crippen MR) is 70.1 cm³/mol. The summed E-state index contributed by atoms with van der Waals surface area (Å²) in [5.74, 6) is -2.51. The van der Waals surface area contributed by atoms with Gasteiger partial charge in [-0.05, 0) is 30.3 Å². The number of hydrogen-bond acceptors (Lipinski definition) is 2. The van der Waals surface area contributed by atoms with Gasteiger partial charge in [-0.1, -0.05) is 15.9 Å². The molecule has 0 aliphatic heterocycles. The van der Waals surface area contributed by atoms with Crippen molar-refractivity contribution in [1.82, 2.24) is 0 Å². The highest BCUT2D eigenvalue weighted by Gasteiger charge is 2.14. The summed E-state index contributed by atoms with van der Waals surface area (Å²) in [6, 6.07) is 7.09. The zero-order chi connectivity index (χ0) is 14.0. The first-order valence-corrected chi connectivity index (χ1v) is 6.01. The number of carbonyl (C=O) groups excluding carboxylic acids is 1. The first-order chi connectivity index (χ1) is 8.97. The average molecular weight is 328 g/mol. The Morgan fingerprint density at radius 3 is 2.53 bits per heavy atom. The van der Waals surface area contributed by atoms with Crippen LogP contribution in [0.2, 0.25) is 0 Å². The maximum atomic E-state index is 13.5. The summed E-state index contributed by atoms with van der Waals surface area (Å²) in [4.78, 5) is 11.8. The van der Waals surface area contributed by atoms with Gasteiger partial charge in [0.1, 0.15) is 17.4 Å². The Hall–Kier alpha value is -1.95. The van der Waals surface area contributed by atoms with Crippen LogP contribution >= 0.6 is 15.9 Å². The van der Waals surface area contributed by atoms with E-state index in [-0.39, 0.29) is 11.3 Å². The fourth-order valence-electron chi connectivity index (χ4n) is 1.48. The number of phenols is 1. The van der Waals surface area contributed by atoms with Gasteiger partial charge >= 0.3 is 0 Å². The number of hydrogen-bond donors (Lipinski definition) is 2. The summed E-state index contributed by atoms with van der Waals surface area (Å²) >= 11 is 3.09. The molecule has 0 bridgehead atoms. The molecule has 2 rings (SSSR count). The second-order valence-corrected chi connectivity index (χ2v) is 4.66. The van der Waals surface area contributed by atoms with E-state index < -0.39 is 23.3 Å². The summed E-state index contributed by atoms with van der Waals surface area (Å²) in [5.41, 5.74) is -0.166. The number of carbonyl (C=O) groups is 1. The van der Waals surface area contributed by atoms with Crippen molar-refractivity contribution in [2.75, 3.05) is 5.32 Å². The van der Waals surface area contributed by atoms with Crippen molar-refractivity contribution in [1.29, 1.82) is 0 Å². The van der Waals surface area contributed by atoms with Gasteiger partial charge in [0.05, 0.1) is 11.3 Å². The molecule has 1 amide bonds. The molecule has 0 heterocycles. The largest absolute Gasteiger partial charge is 0.507 e. The molecule has 0 fully saturated rings. The van der Waals surface area contributed by atoms with Crippen molar-refractivity contribution < 1.29 is 18.7 Å². The third-order valence-electron chi connectivity index (χ3n) is 2.38. The van der Waals surface area contributed by atoms with Crippen molar-refractivity contribution in [3.05, 3.63) is 58.1 Å². The van der Waals surface area contributed by atoms with Crippen LogP contribution in [0.4, 0.5) is 14.5 Å². The predicted octanol–water partition coefficient (Wildman–Crippen LogP) is 3.69. The molecule has 0 saturated heterocycles. The number of phenolic OH excluding ortho intramolecular Hbond substituents is 1. The molecule has 2 aromatic rings. The number of anilines is 1. The molecule has 98 valence electrons.